The lowest BCUT2D eigenvalue weighted by Crippen LogP contribution is -2.18. The predicted octanol–water partition coefficient (Wildman–Crippen LogP) is 3.55. The SMILES string of the molecule is Cc1oc(-n2c(C)cc(/C=N\NC(=O)c3cc([N+](=O)[O-])ccc3O)c2C)c(C#N)c1C. The normalized spacial score (nSPS) is 10.9. The van der Waals surface area contributed by atoms with E-state index in [0.717, 1.165) is 35.2 Å². The Kier molecular flexibility index (Phi) is 5.61. The molecule has 0 saturated carbocycles. The van der Waals surface area contributed by atoms with Crippen molar-refractivity contribution in [3.05, 3.63) is 73.8 Å². The molecule has 31 heavy (non-hydrogen) atoms. The van der Waals surface area contributed by atoms with Crippen molar-refractivity contribution in [1.82, 2.24) is 9.99 Å². The molecule has 2 heterocycles. The molecule has 0 bridgehead atoms. The zero-order valence-corrected chi connectivity index (χ0v) is 17.3. The molecule has 3 rings (SSSR count). The van der Waals surface area contributed by atoms with Crippen LogP contribution in [0.2, 0.25) is 0 Å². The molecule has 10 nitrogen and oxygen atoms in total. The highest BCUT2D eigenvalue weighted by molar-refractivity contribution is 5.98. The first-order valence-corrected chi connectivity index (χ1v) is 9.16. The standard InChI is InChI=1S/C21H19N5O5/c1-11-7-15(13(3)25(11)21-18(9-22)12(2)14(4)31-21)10-23-24-20(28)17-8-16(26(29)30)5-6-19(17)27/h5-8,10,27H,1-4H3,(H,24,28)/b23-10-. The van der Waals surface area contributed by atoms with Crippen molar-refractivity contribution in [2.24, 2.45) is 5.10 Å². The number of rotatable bonds is 5. The van der Waals surface area contributed by atoms with Crippen LogP contribution in [-0.4, -0.2) is 26.7 Å². The number of phenolic OH excluding ortho intramolecular Hbond substituents is 1. The number of amides is 1. The van der Waals surface area contributed by atoms with Crippen molar-refractivity contribution in [1.29, 1.82) is 5.26 Å². The Hall–Kier alpha value is -4.39. The van der Waals surface area contributed by atoms with Gasteiger partial charge in [0, 0.05) is 34.6 Å². The Labute approximate surface area is 177 Å². The molecule has 0 fully saturated rings. The van der Waals surface area contributed by atoms with Crippen molar-refractivity contribution in [3.63, 3.8) is 0 Å². The highest BCUT2D eigenvalue weighted by Crippen LogP contribution is 2.28. The molecule has 10 heteroatoms. The fraction of sp³-hybridized carbons (Fsp3) is 0.190. The zero-order chi connectivity index (χ0) is 22.9. The van der Waals surface area contributed by atoms with Gasteiger partial charge < -0.3 is 9.52 Å². The van der Waals surface area contributed by atoms with Crippen molar-refractivity contribution < 1.29 is 19.2 Å². The molecule has 0 saturated heterocycles. The number of nitro groups is 1. The van der Waals surface area contributed by atoms with Crippen LogP contribution in [0.5, 0.6) is 5.75 Å². The lowest BCUT2D eigenvalue weighted by Gasteiger charge is -2.06. The Morgan fingerprint density at radius 1 is 1.32 bits per heavy atom. The summed E-state index contributed by atoms with van der Waals surface area (Å²) in [5, 5.41) is 34.1. The number of nitrogens with one attached hydrogen (secondary N) is 1. The Bertz CT molecular complexity index is 1280. The van der Waals surface area contributed by atoms with Crippen LogP contribution < -0.4 is 5.43 Å². The maximum Gasteiger partial charge on any atom is 0.275 e. The summed E-state index contributed by atoms with van der Waals surface area (Å²) in [6.07, 6.45) is 1.40. The van der Waals surface area contributed by atoms with Gasteiger partial charge in [0.1, 0.15) is 23.1 Å². The summed E-state index contributed by atoms with van der Waals surface area (Å²) in [5.41, 5.74) is 5.06. The molecule has 1 aromatic carbocycles. The molecule has 1 amide bonds. The lowest BCUT2D eigenvalue weighted by atomic mass is 10.1. The first kappa shape index (κ1) is 21.3. The van der Waals surface area contributed by atoms with Crippen molar-refractivity contribution in [2.75, 3.05) is 0 Å². The molecule has 0 unspecified atom stereocenters. The maximum absolute atomic E-state index is 12.3. The van der Waals surface area contributed by atoms with Gasteiger partial charge in [0.2, 0.25) is 5.88 Å². The van der Waals surface area contributed by atoms with Crippen LogP contribution in [0.1, 0.15) is 44.2 Å². The van der Waals surface area contributed by atoms with Gasteiger partial charge >= 0.3 is 0 Å². The highest BCUT2D eigenvalue weighted by Gasteiger charge is 2.20. The number of aromatic hydroxyl groups is 1. The first-order valence-electron chi connectivity index (χ1n) is 9.16. The number of non-ortho nitro benzene ring substituents is 1. The monoisotopic (exact) mass is 421 g/mol. The third-order valence-corrected chi connectivity index (χ3v) is 4.96. The van der Waals surface area contributed by atoms with E-state index < -0.39 is 16.6 Å². The number of nitriles is 1. The summed E-state index contributed by atoms with van der Waals surface area (Å²) in [6, 6.07) is 7.11. The Morgan fingerprint density at radius 3 is 2.68 bits per heavy atom. The minimum atomic E-state index is -0.796. The van der Waals surface area contributed by atoms with E-state index in [9.17, 15) is 25.3 Å². The van der Waals surface area contributed by atoms with E-state index in [1.165, 1.54) is 6.21 Å². The van der Waals surface area contributed by atoms with Gasteiger partial charge in [-0.15, -0.1) is 0 Å². The molecule has 3 aromatic rings. The third-order valence-electron chi connectivity index (χ3n) is 4.96. The summed E-state index contributed by atoms with van der Waals surface area (Å²) in [4.78, 5) is 22.5. The zero-order valence-electron chi connectivity index (χ0n) is 17.3. The van der Waals surface area contributed by atoms with Gasteiger partial charge in [-0.05, 0) is 39.8 Å². The summed E-state index contributed by atoms with van der Waals surface area (Å²) in [7, 11) is 0. The fourth-order valence-electron chi connectivity index (χ4n) is 3.17. The molecule has 2 N–H and O–H groups in total. The fourth-order valence-corrected chi connectivity index (χ4v) is 3.17. The summed E-state index contributed by atoms with van der Waals surface area (Å²) in [6.45, 7) is 7.26. The number of carbonyl (C=O) groups excluding carboxylic acids is 1. The molecule has 0 aliphatic rings. The van der Waals surface area contributed by atoms with Gasteiger partial charge in [-0.1, -0.05) is 0 Å². The van der Waals surface area contributed by atoms with Gasteiger partial charge in [-0.25, -0.2) is 5.43 Å². The van der Waals surface area contributed by atoms with Crippen LogP contribution in [0.25, 0.3) is 5.88 Å². The molecular formula is C21H19N5O5. The molecule has 0 aliphatic carbocycles. The largest absolute Gasteiger partial charge is 0.507 e. The second kappa shape index (κ2) is 8.16. The molecule has 0 spiro atoms. The maximum atomic E-state index is 12.3. The van der Waals surface area contributed by atoms with E-state index in [4.69, 9.17) is 4.42 Å². The van der Waals surface area contributed by atoms with E-state index in [0.29, 0.717) is 22.8 Å². The Balaban J connectivity index is 1.87. The molecule has 0 radical (unpaired) electrons. The summed E-state index contributed by atoms with van der Waals surface area (Å²) in [5.74, 6) is -0.129. The minimum Gasteiger partial charge on any atom is -0.507 e. The average molecular weight is 421 g/mol. The molecule has 0 atom stereocenters. The van der Waals surface area contributed by atoms with Crippen LogP contribution in [0, 0.1) is 49.1 Å². The van der Waals surface area contributed by atoms with Gasteiger partial charge in [0.15, 0.2) is 0 Å². The molecule has 0 aliphatic heterocycles. The number of hydrazone groups is 1. The topological polar surface area (TPSA) is 147 Å². The summed E-state index contributed by atoms with van der Waals surface area (Å²) >= 11 is 0. The molecule has 158 valence electrons. The average Bonchev–Trinajstić information content (AvgIpc) is 3.16. The smallest absolute Gasteiger partial charge is 0.275 e. The number of carbonyl (C=O) groups is 1. The number of nitro benzene ring substituents is 1. The number of furan rings is 1. The van der Waals surface area contributed by atoms with Crippen LogP contribution in [0.15, 0.2) is 33.8 Å². The minimum absolute atomic E-state index is 0.267. The van der Waals surface area contributed by atoms with E-state index in [-0.39, 0.29) is 11.3 Å². The second-order valence-corrected chi connectivity index (χ2v) is 6.89. The van der Waals surface area contributed by atoms with Crippen molar-refractivity contribution >= 4 is 17.8 Å². The van der Waals surface area contributed by atoms with E-state index in [2.05, 4.69) is 16.6 Å². The number of phenols is 1. The number of aromatic nitrogens is 1. The second-order valence-electron chi connectivity index (χ2n) is 6.89. The van der Waals surface area contributed by atoms with Gasteiger partial charge in [0.05, 0.1) is 16.7 Å². The van der Waals surface area contributed by atoms with Crippen molar-refractivity contribution in [2.45, 2.75) is 27.7 Å². The Morgan fingerprint density at radius 2 is 2.03 bits per heavy atom. The van der Waals surface area contributed by atoms with Gasteiger partial charge in [0.25, 0.3) is 11.6 Å². The summed E-state index contributed by atoms with van der Waals surface area (Å²) < 4.78 is 7.57. The third kappa shape index (κ3) is 3.89. The van der Waals surface area contributed by atoms with Crippen LogP contribution in [0.4, 0.5) is 5.69 Å². The number of aryl methyl sites for hydroxylation is 2. The van der Waals surface area contributed by atoms with Crippen LogP contribution in [-0.2, 0) is 0 Å². The molecule has 2 aromatic heterocycles. The first-order chi connectivity index (χ1) is 14.6. The number of hydrogen-bond acceptors (Lipinski definition) is 7. The van der Waals surface area contributed by atoms with Crippen LogP contribution >= 0.6 is 0 Å². The number of benzene rings is 1. The number of hydrogen-bond donors (Lipinski definition) is 2. The van der Waals surface area contributed by atoms with Gasteiger partial charge in [-0.3, -0.25) is 19.5 Å². The number of nitrogens with zero attached hydrogens (tertiary/aromatic N) is 4. The van der Waals surface area contributed by atoms with E-state index in [1.54, 1.807) is 11.5 Å². The van der Waals surface area contributed by atoms with E-state index in [1.807, 2.05) is 26.8 Å². The predicted molar refractivity (Wildman–Crippen MR) is 112 cm³/mol. The van der Waals surface area contributed by atoms with Crippen molar-refractivity contribution in [3.8, 4) is 17.7 Å². The highest BCUT2D eigenvalue weighted by atomic mass is 16.6. The lowest BCUT2D eigenvalue weighted by molar-refractivity contribution is -0.384. The van der Waals surface area contributed by atoms with Gasteiger partial charge in [-0.2, -0.15) is 10.4 Å². The van der Waals surface area contributed by atoms with Crippen LogP contribution in [0.3, 0.4) is 0 Å². The van der Waals surface area contributed by atoms with E-state index >= 15 is 0 Å². The molecular weight excluding hydrogens is 402 g/mol. The quantitative estimate of drug-likeness (QED) is 0.366.